The number of aryl methyl sites for hydroxylation is 1. The topological polar surface area (TPSA) is 71.8 Å². The Bertz CT molecular complexity index is 606. The van der Waals surface area contributed by atoms with Gasteiger partial charge in [-0.05, 0) is 37.6 Å². The van der Waals surface area contributed by atoms with Crippen LogP contribution in [-0.2, 0) is 7.05 Å². The van der Waals surface area contributed by atoms with Gasteiger partial charge in [-0.1, -0.05) is 5.21 Å². The molecule has 108 valence electrons. The van der Waals surface area contributed by atoms with Crippen molar-refractivity contribution in [3.05, 3.63) is 23.8 Å². The standard InChI is InChI=1S/C13H17N5O.ClH/c1-18-12-5-4-9(7-11(12)16-17-18)13(19)15-10-3-2-6-14-8-10;/h4-5,7,10,14H,2-3,6,8H2,1H3,(H,15,19);1H. The average molecular weight is 296 g/mol. The fourth-order valence-electron chi connectivity index (χ4n) is 2.43. The summed E-state index contributed by atoms with van der Waals surface area (Å²) in [7, 11) is 1.84. The van der Waals surface area contributed by atoms with Crippen LogP contribution in [0.4, 0.5) is 0 Å². The molecule has 1 aliphatic rings. The second-order valence-electron chi connectivity index (χ2n) is 4.93. The van der Waals surface area contributed by atoms with Gasteiger partial charge < -0.3 is 10.6 Å². The number of nitrogens with one attached hydrogen (secondary N) is 2. The van der Waals surface area contributed by atoms with E-state index in [1.165, 1.54) is 0 Å². The molecular weight excluding hydrogens is 278 g/mol. The smallest absolute Gasteiger partial charge is 0.251 e. The number of carbonyl (C=O) groups excluding carboxylic acids is 1. The van der Waals surface area contributed by atoms with E-state index in [1.807, 2.05) is 19.2 Å². The van der Waals surface area contributed by atoms with Crippen molar-refractivity contribution < 1.29 is 4.79 Å². The van der Waals surface area contributed by atoms with Gasteiger partial charge in [-0.25, -0.2) is 4.68 Å². The molecule has 1 unspecified atom stereocenters. The lowest BCUT2D eigenvalue weighted by molar-refractivity contribution is 0.0931. The fourth-order valence-corrected chi connectivity index (χ4v) is 2.43. The summed E-state index contributed by atoms with van der Waals surface area (Å²) in [5.41, 5.74) is 2.31. The Balaban J connectivity index is 0.00000147. The lowest BCUT2D eigenvalue weighted by atomic mass is 10.1. The maximum absolute atomic E-state index is 12.2. The zero-order chi connectivity index (χ0) is 13.2. The summed E-state index contributed by atoms with van der Waals surface area (Å²) in [6.07, 6.45) is 2.14. The maximum atomic E-state index is 12.2. The molecule has 20 heavy (non-hydrogen) atoms. The molecule has 3 rings (SSSR count). The summed E-state index contributed by atoms with van der Waals surface area (Å²) in [4.78, 5) is 12.2. The van der Waals surface area contributed by atoms with Crippen LogP contribution in [0, 0.1) is 0 Å². The third-order valence-corrected chi connectivity index (χ3v) is 3.50. The van der Waals surface area contributed by atoms with Crippen LogP contribution in [0.3, 0.4) is 0 Å². The first kappa shape index (κ1) is 14.7. The van der Waals surface area contributed by atoms with Crippen LogP contribution in [0.5, 0.6) is 0 Å². The molecule has 0 aliphatic carbocycles. The monoisotopic (exact) mass is 295 g/mol. The summed E-state index contributed by atoms with van der Waals surface area (Å²) >= 11 is 0. The molecule has 0 spiro atoms. The van der Waals surface area contributed by atoms with Crippen molar-refractivity contribution in [2.24, 2.45) is 7.05 Å². The van der Waals surface area contributed by atoms with Crippen LogP contribution < -0.4 is 10.6 Å². The minimum atomic E-state index is -0.0405. The quantitative estimate of drug-likeness (QED) is 0.862. The van der Waals surface area contributed by atoms with Gasteiger partial charge in [-0.2, -0.15) is 0 Å². The molecule has 7 heteroatoms. The van der Waals surface area contributed by atoms with Gasteiger partial charge in [0.25, 0.3) is 5.91 Å². The number of amides is 1. The van der Waals surface area contributed by atoms with E-state index < -0.39 is 0 Å². The summed E-state index contributed by atoms with van der Waals surface area (Å²) in [6, 6.07) is 5.70. The third kappa shape index (κ3) is 2.91. The second-order valence-corrected chi connectivity index (χ2v) is 4.93. The van der Waals surface area contributed by atoms with Crippen LogP contribution in [0.1, 0.15) is 23.2 Å². The van der Waals surface area contributed by atoms with Gasteiger partial charge in [0, 0.05) is 25.2 Å². The Labute approximate surface area is 123 Å². The van der Waals surface area contributed by atoms with Gasteiger partial charge in [0.15, 0.2) is 0 Å². The van der Waals surface area contributed by atoms with Crippen LogP contribution >= 0.6 is 12.4 Å². The van der Waals surface area contributed by atoms with Gasteiger partial charge in [0.05, 0.1) is 5.52 Å². The number of fused-ring (bicyclic) bond motifs is 1. The van der Waals surface area contributed by atoms with Crippen LogP contribution in [0.25, 0.3) is 11.0 Å². The molecule has 1 atom stereocenters. The van der Waals surface area contributed by atoms with E-state index in [0.717, 1.165) is 37.0 Å². The van der Waals surface area contributed by atoms with Crippen molar-refractivity contribution in [2.75, 3.05) is 13.1 Å². The number of hydrogen-bond acceptors (Lipinski definition) is 4. The molecule has 1 aliphatic heterocycles. The number of aromatic nitrogens is 3. The molecule has 1 saturated heterocycles. The third-order valence-electron chi connectivity index (χ3n) is 3.50. The van der Waals surface area contributed by atoms with Gasteiger partial charge in [0.1, 0.15) is 5.52 Å². The van der Waals surface area contributed by atoms with E-state index in [1.54, 1.807) is 10.7 Å². The van der Waals surface area contributed by atoms with E-state index in [9.17, 15) is 4.79 Å². The summed E-state index contributed by atoms with van der Waals surface area (Å²) < 4.78 is 1.70. The SMILES string of the molecule is Cl.Cn1nnc2cc(C(=O)NC3CCCNC3)ccc21. The number of carbonyl (C=O) groups is 1. The highest BCUT2D eigenvalue weighted by atomic mass is 35.5. The number of nitrogens with zero attached hydrogens (tertiary/aromatic N) is 3. The highest BCUT2D eigenvalue weighted by Crippen LogP contribution is 2.13. The molecule has 1 aromatic carbocycles. The van der Waals surface area contributed by atoms with E-state index >= 15 is 0 Å². The Morgan fingerprint density at radius 1 is 1.50 bits per heavy atom. The van der Waals surface area contributed by atoms with Gasteiger partial charge >= 0.3 is 0 Å². The first-order chi connectivity index (χ1) is 9.24. The van der Waals surface area contributed by atoms with Crippen LogP contribution in [0.2, 0.25) is 0 Å². The van der Waals surface area contributed by atoms with Crippen LogP contribution in [-0.4, -0.2) is 40.0 Å². The predicted octanol–water partition coefficient (Wildman–Crippen LogP) is 0.872. The minimum Gasteiger partial charge on any atom is -0.348 e. The average Bonchev–Trinajstić information content (AvgIpc) is 2.81. The lowest BCUT2D eigenvalue weighted by Gasteiger charge is -2.23. The number of hydrogen-bond donors (Lipinski definition) is 2. The van der Waals surface area contributed by atoms with E-state index in [4.69, 9.17) is 0 Å². The van der Waals surface area contributed by atoms with Gasteiger partial charge in [-0.15, -0.1) is 17.5 Å². The molecule has 0 saturated carbocycles. The zero-order valence-corrected chi connectivity index (χ0v) is 12.1. The largest absolute Gasteiger partial charge is 0.348 e. The first-order valence-corrected chi connectivity index (χ1v) is 6.55. The van der Waals surface area contributed by atoms with Crippen molar-refractivity contribution >= 4 is 29.3 Å². The summed E-state index contributed by atoms with van der Waals surface area (Å²) in [5.74, 6) is -0.0405. The molecule has 2 N–H and O–H groups in total. The van der Waals surface area contributed by atoms with Gasteiger partial charge in [-0.3, -0.25) is 4.79 Å². The molecule has 1 fully saturated rings. The van der Waals surface area contributed by atoms with Crippen molar-refractivity contribution in [1.82, 2.24) is 25.6 Å². The van der Waals surface area contributed by atoms with Gasteiger partial charge in [0.2, 0.25) is 0 Å². The van der Waals surface area contributed by atoms with Crippen molar-refractivity contribution in [3.8, 4) is 0 Å². The van der Waals surface area contributed by atoms with Crippen LogP contribution in [0.15, 0.2) is 18.2 Å². The molecule has 0 bridgehead atoms. The Morgan fingerprint density at radius 3 is 3.10 bits per heavy atom. The van der Waals surface area contributed by atoms with E-state index in [-0.39, 0.29) is 24.4 Å². The Morgan fingerprint density at radius 2 is 2.35 bits per heavy atom. The number of halogens is 1. The van der Waals surface area contributed by atoms with Crippen molar-refractivity contribution in [2.45, 2.75) is 18.9 Å². The normalized spacial score (nSPS) is 18.6. The molecule has 0 radical (unpaired) electrons. The fraction of sp³-hybridized carbons (Fsp3) is 0.462. The molecule has 2 heterocycles. The number of benzene rings is 1. The predicted molar refractivity (Wildman–Crippen MR) is 79.1 cm³/mol. The second kappa shape index (κ2) is 6.19. The minimum absolute atomic E-state index is 0. The molecule has 1 amide bonds. The highest BCUT2D eigenvalue weighted by Gasteiger charge is 2.16. The van der Waals surface area contributed by atoms with Crippen molar-refractivity contribution in [1.29, 1.82) is 0 Å². The Kier molecular flexibility index (Phi) is 4.57. The van der Waals surface area contributed by atoms with E-state index in [0.29, 0.717) is 5.56 Å². The number of piperidine rings is 1. The lowest BCUT2D eigenvalue weighted by Crippen LogP contribution is -2.45. The number of rotatable bonds is 2. The molecule has 1 aromatic heterocycles. The highest BCUT2D eigenvalue weighted by molar-refractivity contribution is 5.97. The maximum Gasteiger partial charge on any atom is 0.251 e. The summed E-state index contributed by atoms with van der Waals surface area (Å²) in [6.45, 7) is 1.89. The molecule has 6 nitrogen and oxygen atoms in total. The van der Waals surface area contributed by atoms with Crippen molar-refractivity contribution in [3.63, 3.8) is 0 Å². The summed E-state index contributed by atoms with van der Waals surface area (Å²) in [5, 5.41) is 14.3. The zero-order valence-electron chi connectivity index (χ0n) is 11.3. The molecule has 2 aromatic rings. The molecular formula is C13H18ClN5O. The first-order valence-electron chi connectivity index (χ1n) is 6.55. The van der Waals surface area contributed by atoms with E-state index in [2.05, 4.69) is 20.9 Å². The Hall–Kier alpha value is -1.66.